The van der Waals surface area contributed by atoms with Crippen LogP contribution in [0.5, 0.6) is 0 Å². The molecule has 1 N–H and O–H groups in total. The fraction of sp³-hybridized carbons (Fsp3) is 0.556. The lowest BCUT2D eigenvalue weighted by atomic mass is 9.83. The van der Waals surface area contributed by atoms with Crippen molar-refractivity contribution >= 4 is 0 Å². The number of fused-ring (bicyclic) bond motifs is 1. The molecule has 5 nitrogen and oxygen atoms in total. The number of rotatable bonds is 3. The average Bonchev–Trinajstić information content (AvgIpc) is 3.13. The van der Waals surface area contributed by atoms with Crippen LogP contribution in [-0.4, -0.2) is 39.3 Å². The third-order valence-electron chi connectivity index (χ3n) is 5.15. The van der Waals surface area contributed by atoms with Gasteiger partial charge in [-0.1, -0.05) is 29.4 Å². The molecule has 0 radical (unpaired) electrons. The molecule has 1 aromatic heterocycles. The highest BCUT2D eigenvalue weighted by molar-refractivity contribution is 5.29. The summed E-state index contributed by atoms with van der Waals surface area (Å²) in [7, 11) is 0. The number of aryl methyl sites for hydroxylation is 2. The Morgan fingerprint density at radius 1 is 1.30 bits per heavy atom. The molecule has 2 heterocycles. The minimum atomic E-state index is -0.303. The molecule has 0 saturated carbocycles. The third-order valence-corrected chi connectivity index (χ3v) is 5.15. The number of hydrogen-bond acceptors (Lipinski definition) is 5. The van der Waals surface area contributed by atoms with Gasteiger partial charge in [0, 0.05) is 13.1 Å². The average molecular weight is 313 g/mol. The Hall–Kier alpha value is -1.72. The molecule has 23 heavy (non-hydrogen) atoms. The summed E-state index contributed by atoms with van der Waals surface area (Å²) in [5, 5.41) is 14.0. The molecule has 4 rings (SSSR count). The topological polar surface area (TPSA) is 62.4 Å². The molecule has 0 spiro atoms. The summed E-state index contributed by atoms with van der Waals surface area (Å²) in [5.74, 6) is 1.94. The first-order valence-corrected chi connectivity index (χ1v) is 8.48. The molecule has 1 aliphatic heterocycles. The maximum Gasteiger partial charge on any atom is 0.244 e. The van der Waals surface area contributed by atoms with E-state index in [0.29, 0.717) is 30.6 Å². The SMILES string of the molecule is Cc1noc([C@H]2C[C@@H](O)CN2CC2CCc3ccccc3C2)n1. The summed E-state index contributed by atoms with van der Waals surface area (Å²) < 4.78 is 5.36. The normalized spacial score (nSPS) is 28.0. The van der Waals surface area contributed by atoms with Crippen molar-refractivity contribution in [1.29, 1.82) is 0 Å². The number of aliphatic hydroxyl groups excluding tert-OH is 1. The Balaban J connectivity index is 1.47. The van der Waals surface area contributed by atoms with E-state index in [4.69, 9.17) is 4.52 Å². The molecule has 1 aromatic carbocycles. The summed E-state index contributed by atoms with van der Waals surface area (Å²) in [6.45, 7) is 3.52. The lowest BCUT2D eigenvalue weighted by molar-refractivity contribution is 0.154. The predicted molar refractivity (Wildman–Crippen MR) is 85.9 cm³/mol. The highest BCUT2D eigenvalue weighted by Crippen LogP contribution is 2.34. The quantitative estimate of drug-likeness (QED) is 0.942. The highest BCUT2D eigenvalue weighted by atomic mass is 16.5. The van der Waals surface area contributed by atoms with Crippen LogP contribution in [0.15, 0.2) is 28.8 Å². The number of β-amino-alcohol motifs (C(OH)–C–C–N with tert-alkyl or cyclic N) is 1. The number of hydrogen-bond donors (Lipinski definition) is 1. The van der Waals surface area contributed by atoms with Crippen molar-refractivity contribution in [3.63, 3.8) is 0 Å². The van der Waals surface area contributed by atoms with E-state index in [1.54, 1.807) is 0 Å². The second kappa shape index (κ2) is 6.06. The van der Waals surface area contributed by atoms with Gasteiger partial charge in [-0.25, -0.2) is 0 Å². The number of benzene rings is 1. The zero-order valence-corrected chi connectivity index (χ0v) is 13.5. The van der Waals surface area contributed by atoms with Crippen LogP contribution in [0, 0.1) is 12.8 Å². The largest absolute Gasteiger partial charge is 0.392 e. The standard InChI is InChI=1S/C18H23N3O2/c1-12-19-18(23-20-12)17-9-16(22)11-21(17)10-13-6-7-14-4-2-3-5-15(14)8-13/h2-5,13,16-17,22H,6-11H2,1H3/t13?,16-,17-/m1/s1. The minimum absolute atomic E-state index is 0.0587. The van der Waals surface area contributed by atoms with Gasteiger partial charge in [0.15, 0.2) is 5.82 Å². The van der Waals surface area contributed by atoms with Crippen LogP contribution in [0.1, 0.15) is 41.7 Å². The smallest absolute Gasteiger partial charge is 0.244 e. The van der Waals surface area contributed by atoms with Crippen LogP contribution in [-0.2, 0) is 12.8 Å². The second-order valence-corrected chi connectivity index (χ2v) is 6.92. The van der Waals surface area contributed by atoms with Gasteiger partial charge in [0.25, 0.3) is 0 Å². The second-order valence-electron chi connectivity index (χ2n) is 6.92. The van der Waals surface area contributed by atoms with E-state index < -0.39 is 0 Å². The van der Waals surface area contributed by atoms with Gasteiger partial charge in [-0.15, -0.1) is 0 Å². The van der Waals surface area contributed by atoms with Crippen molar-refractivity contribution in [3.05, 3.63) is 47.1 Å². The molecule has 3 atom stereocenters. The van der Waals surface area contributed by atoms with E-state index in [9.17, 15) is 5.11 Å². The highest BCUT2D eigenvalue weighted by Gasteiger charge is 2.37. The summed E-state index contributed by atoms with van der Waals surface area (Å²) >= 11 is 0. The molecule has 5 heteroatoms. The minimum Gasteiger partial charge on any atom is -0.392 e. The summed E-state index contributed by atoms with van der Waals surface area (Å²) in [5.41, 5.74) is 2.97. The lowest BCUT2D eigenvalue weighted by Gasteiger charge is -2.30. The Labute approximate surface area is 136 Å². The molecular weight excluding hydrogens is 290 g/mol. The van der Waals surface area contributed by atoms with Gasteiger partial charge in [-0.05, 0) is 49.7 Å². The first kappa shape index (κ1) is 14.8. The zero-order chi connectivity index (χ0) is 15.8. The van der Waals surface area contributed by atoms with Gasteiger partial charge in [-0.2, -0.15) is 4.98 Å². The summed E-state index contributed by atoms with van der Waals surface area (Å²) in [6, 6.07) is 8.81. The Morgan fingerprint density at radius 2 is 2.13 bits per heavy atom. The van der Waals surface area contributed by atoms with Gasteiger partial charge in [-0.3, -0.25) is 4.90 Å². The van der Waals surface area contributed by atoms with E-state index in [1.807, 2.05) is 6.92 Å². The number of aliphatic hydroxyl groups is 1. The van der Waals surface area contributed by atoms with Gasteiger partial charge < -0.3 is 9.63 Å². The molecule has 1 saturated heterocycles. The van der Waals surface area contributed by atoms with Crippen LogP contribution < -0.4 is 0 Å². The number of nitrogens with zero attached hydrogens (tertiary/aromatic N) is 3. The fourth-order valence-electron chi connectivity index (χ4n) is 4.05. The molecule has 2 aromatic rings. The van der Waals surface area contributed by atoms with Crippen LogP contribution in [0.25, 0.3) is 0 Å². The Morgan fingerprint density at radius 3 is 2.91 bits per heavy atom. The number of aromatic nitrogens is 2. The van der Waals surface area contributed by atoms with Gasteiger partial charge in [0.05, 0.1) is 12.1 Å². The molecule has 122 valence electrons. The van der Waals surface area contributed by atoms with Gasteiger partial charge >= 0.3 is 0 Å². The molecule has 1 fully saturated rings. The molecule has 0 bridgehead atoms. The van der Waals surface area contributed by atoms with E-state index in [2.05, 4.69) is 39.3 Å². The van der Waals surface area contributed by atoms with Crippen molar-refractivity contribution < 1.29 is 9.63 Å². The Bertz CT molecular complexity index is 684. The van der Waals surface area contributed by atoms with Crippen LogP contribution in [0.3, 0.4) is 0 Å². The van der Waals surface area contributed by atoms with Crippen molar-refractivity contribution in [2.45, 2.75) is 44.8 Å². The molecule has 1 aliphatic carbocycles. The van der Waals surface area contributed by atoms with Crippen LogP contribution in [0.4, 0.5) is 0 Å². The molecule has 2 aliphatic rings. The predicted octanol–water partition coefficient (Wildman–Crippen LogP) is 2.29. The first-order chi connectivity index (χ1) is 11.2. The van der Waals surface area contributed by atoms with Crippen molar-refractivity contribution in [2.75, 3.05) is 13.1 Å². The monoisotopic (exact) mass is 313 g/mol. The number of likely N-dealkylation sites (tertiary alicyclic amines) is 1. The van der Waals surface area contributed by atoms with Crippen molar-refractivity contribution in [2.24, 2.45) is 5.92 Å². The summed E-state index contributed by atoms with van der Waals surface area (Å²) in [6.07, 6.45) is 3.87. The van der Waals surface area contributed by atoms with E-state index in [0.717, 1.165) is 19.4 Å². The zero-order valence-electron chi connectivity index (χ0n) is 13.5. The van der Waals surface area contributed by atoms with E-state index >= 15 is 0 Å². The first-order valence-electron chi connectivity index (χ1n) is 8.48. The summed E-state index contributed by atoms with van der Waals surface area (Å²) in [4.78, 5) is 6.71. The van der Waals surface area contributed by atoms with Crippen molar-refractivity contribution in [3.8, 4) is 0 Å². The van der Waals surface area contributed by atoms with E-state index in [1.165, 1.54) is 17.5 Å². The molecular formula is C18H23N3O2. The van der Waals surface area contributed by atoms with Gasteiger partial charge in [0.1, 0.15) is 0 Å². The maximum atomic E-state index is 10.1. The Kier molecular flexibility index (Phi) is 3.91. The van der Waals surface area contributed by atoms with Crippen molar-refractivity contribution in [1.82, 2.24) is 15.0 Å². The molecule has 0 amide bonds. The van der Waals surface area contributed by atoms with Crippen LogP contribution >= 0.6 is 0 Å². The molecule has 1 unspecified atom stereocenters. The fourth-order valence-corrected chi connectivity index (χ4v) is 4.05. The van der Waals surface area contributed by atoms with E-state index in [-0.39, 0.29) is 12.1 Å². The van der Waals surface area contributed by atoms with Gasteiger partial charge in [0.2, 0.25) is 5.89 Å². The van der Waals surface area contributed by atoms with Crippen LogP contribution in [0.2, 0.25) is 0 Å². The maximum absolute atomic E-state index is 10.1. The lowest BCUT2D eigenvalue weighted by Crippen LogP contribution is -2.33. The third kappa shape index (κ3) is 3.03.